The minimum atomic E-state index is 0.779. The van der Waals surface area contributed by atoms with Crippen LogP contribution in [0.4, 0.5) is 17.1 Å². The van der Waals surface area contributed by atoms with Gasteiger partial charge in [0.25, 0.3) is 0 Å². The second-order valence-corrected chi connectivity index (χ2v) is 18.0. The first kappa shape index (κ1) is 54.6. The van der Waals surface area contributed by atoms with E-state index in [2.05, 4.69) is 133 Å². The predicted octanol–water partition coefficient (Wildman–Crippen LogP) is 5.72. The van der Waals surface area contributed by atoms with E-state index in [-0.39, 0.29) is 0 Å². The van der Waals surface area contributed by atoms with E-state index in [1.807, 2.05) is 0 Å². The summed E-state index contributed by atoms with van der Waals surface area (Å²) in [5.74, 6) is 0. The highest BCUT2D eigenvalue weighted by Gasteiger charge is 2.28. The summed E-state index contributed by atoms with van der Waals surface area (Å²) in [7, 11) is 0. The number of hydrogen-bond donors (Lipinski definition) is 9. The number of nitrogens with one attached hydrogen (secondary N) is 3. The summed E-state index contributed by atoms with van der Waals surface area (Å²) < 4.78 is 0. The topological polar surface area (TPSA) is 202 Å². The summed E-state index contributed by atoms with van der Waals surface area (Å²) in [4.78, 5) is 0. The Hall–Kier alpha value is -3.96. The van der Waals surface area contributed by atoms with E-state index in [0.29, 0.717) is 0 Å². The Morgan fingerprint density at radius 3 is 0.455 bits per heavy atom. The summed E-state index contributed by atoms with van der Waals surface area (Å²) in [6.07, 6.45) is 11.8. The van der Waals surface area contributed by atoms with Crippen molar-refractivity contribution in [3.8, 4) is 0 Å². The number of hydrogen-bond acceptors (Lipinski definition) is 3. The molecule has 9 nitrogen and oxygen atoms in total. The maximum atomic E-state index is 4.49. The lowest BCUT2D eigenvalue weighted by Gasteiger charge is -2.30. The molecule has 66 heavy (non-hydrogen) atoms. The third-order valence-electron chi connectivity index (χ3n) is 15.4. The monoisotopic (exact) mass is 910 g/mol. The fourth-order valence-corrected chi connectivity index (χ4v) is 12.7. The van der Waals surface area contributed by atoms with Gasteiger partial charge < -0.3 is 50.4 Å². The first-order chi connectivity index (χ1) is 32.0. The van der Waals surface area contributed by atoms with Gasteiger partial charge in [0.05, 0.1) is 0 Å². The SMILES string of the molecule is CCc1c(CNc2c(CC)c(C[NH3+])c(CC)c(C[NH3+])c2CC)c(CC)c(CNc2c(CC)c(C[NH3+])c(CC)c(C[NH3+])c2CC)c(CC)c1CNc1c(CC)c(C[NH3+])c(CC)c(C[NH3+])c1CC. The number of benzene rings is 4. The Morgan fingerprint density at radius 2 is 0.333 bits per heavy atom. The Balaban J connectivity index is 2.12. The molecule has 0 spiro atoms. The maximum Gasteiger partial charge on any atom is 0.100 e. The quantitative estimate of drug-likeness (QED) is 0.0369. The standard InChI is InChI=1S/C57H93N9/c1-13-34-46(25-58)40(19-7)55(41(20-8)47(34)26-59)64-31-52-37(16-4)53(32-65-56-42(21-9)48(27-60)35(14-2)49(28-61)43(56)22-10)39(18-6)54(38(52)17-5)33-66-57-44(23-11)50(29-62)36(15-3)51(30-63)45(57)24-12/h64-66H,13-33,58-63H2,1-12H3/p+6. The van der Waals surface area contributed by atoms with Crippen LogP contribution >= 0.6 is 0 Å². The highest BCUT2D eigenvalue weighted by atomic mass is 14.9. The van der Waals surface area contributed by atoms with E-state index in [0.717, 1.165) is 136 Å². The van der Waals surface area contributed by atoms with E-state index in [1.54, 1.807) is 0 Å². The van der Waals surface area contributed by atoms with Gasteiger partial charge in [0.1, 0.15) is 39.3 Å². The first-order valence-electron chi connectivity index (χ1n) is 26.7. The van der Waals surface area contributed by atoms with Gasteiger partial charge in [-0.1, -0.05) is 83.1 Å². The van der Waals surface area contributed by atoms with Crippen LogP contribution < -0.4 is 50.4 Å². The molecule has 0 heterocycles. The number of anilines is 3. The van der Waals surface area contributed by atoms with Gasteiger partial charge in [-0.3, -0.25) is 0 Å². The highest BCUT2D eigenvalue weighted by Crippen LogP contribution is 2.40. The third-order valence-corrected chi connectivity index (χ3v) is 15.4. The zero-order valence-electron chi connectivity index (χ0n) is 44.6. The van der Waals surface area contributed by atoms with Crippen LogP contribution in [-0.4, -0.2) is 0 Å². The first-order valence-corrected chi connectivity index (χ1v) is 26.7. The van der Waals surface area contributed by atoms with Gasteiger partial charge in [0.2, 0.25) is 0 Å². The van der Waals surface area contributed by atoms with Crippen LogP contribution in [0.2, 0.25) is 0 Å². The molecule has 0 aliphatic heterocycles. The lowest BCUT2D eigenvalue weighted by Crippen LogP contribution is -2.50. The van der Waals surface area contributed by atoms with Gasteiger partial charge in [-0.05, 0) is 161 Å². The average Bonchev–Trinajstić information content (AvgIpc) is 3.35. The zero-order valence-corrected chi connectivity index (χ0v) is 44.6. The summed E-state index contributed by atoms with van der Waals surface area (Å²) in [6, 6.07) is 0. The molecule has 0 saturated carbocycles. The smallest absolute Gasteiger partial charge is 0.100 e. The third kappa shape index (κ3) is 10.2. The molecule has 21 N–H and O–H groups in total. The van der Waals surface area contributed by atoms with Gasteiger partial charge in [-0.2, -0.15) is 0 Å². The fraction of sp³-hybridized carbons (Fsp3) is 0.579. The van der Waals surface area contributed by atoms with Gasteiger partial charge in [-0.15, -0.1) is 0 Å². The van der Waals surface area contributed by atoms with Crippen LogP contribution in [0.3, 0.4) is 0 Å². The van der Waals surface area contributed by atoms with Crippen molar-refractivity contribution in [2.24, 2.45) is 0 Å². The molecule has 366 valence electrons. The van der Waals surface area contributed by atoms with Crippen molar-refractivity contribution in [1.29, 1.82) is 0 Å². The van der Waals surface area contributed by atoms with Crippen LogP contribution in [0.5, 0.6) is 0 Å². The normalized spacial score (nSPS) is 11.5. The molecule has 4 aromatic rings. The molecule has 0 fully saturated rings. The fourth-order valence-electron chi connectivity index (χ4n) is 12.7. The molecule has 0 atom stereocenters. The van der Waals surface area contributed by atoms with Crippen molar-refractivity contribution in [2.45, 2.75) is 219 Å². The van der Waals surface area contributed by atoms with Gasteiger partial charge >= 0.3 is 0 Å². The largest absolute Gasteiger partial charge is 0.380 e. The van der Waals surface area contributed by atoms with Gasteiger partial charge in [0, 0.05) is 70.1 Å². The lowest BCUT2D eigenvalue weighted by atomic mass is 9.82. The summed E-state index contributed by atoms with van der Waals surface area (Å²) in [5.41, 5.74) is 61.4. The summed E-state index contributed by atoms with van der Waals surface area (Å²) in [6.45, 7) is 35.1. The molecule has 0 amide bonds. The summed E-state index contributed by atoms with van der Waals surface area (Å²) >= 11 is 0. The lowest BCUT2D eigenvalue weighted by molar-refractivity contribution is -0.389. The van der Waals surface area contributed by atoms with Gasteiger partial charge in [-0.25, -0.2) is 0 Å². The van der Waals surface area contributed by atoms with Crippen LogP contribution in [0.25, 0.3) is 0 Å². The molecule has 4 rings (SSSR count). The second kappa shape index (κ2) is 26.0. The molecule has 0 saturated heterocycles. The van der Waals surface area contributed by atoms with Crippen molar-refractivity contribution < 1.29 is 34.4 Å². The molecular weight excluding hydrogens is 811 g/mol. The maximum absolute atomic E-state index is 4.49. The van der Waals surface area contributed by atoms with E-state index >= 15 is 0 Å². The minimum absolute atomic E-state index is 0.779. The molecule has 0 unspecified atom stereocenters. The molecule has 0 bridgehead atoms. The van der Waals surface area contributed by atoms with E-state index in [1.165, 1.54) is 134 Å². The minimum Gasteiger partial charge on any atom is -0.380 e. The van der Waals surface area contributed by atoms with Crippen molar-refractivity contribution >= 4 is 17.1 Å². The Bertz CT molecular complexity index is 1900. The van der Waals surface area contributed by atoms with E-state index < -0.39 is 0 Å². The molecule has 0 aliphatic rings. The van der Waals surface area contributed by atoms with Crippen LogP contribution in [-0.2, 0) is 136 Å². The average molecular weight is 910 g/mol. The van der Waals surface area contributed by atoms with Crippen LogP contribution in [0.1, 0.15) is 200 Å². The van der Waals surface area contributed by atoms with Crippen LogP contribution in [0, 0.1) is 0 Å². The highest BCUT2D eigenvalue weighted by molar-refractivity contribution is 5.70. The molecule has 0 aliphatic carbocycles. The van der Waals surface area contributed by atoms with E-state index in [4.69, 9.17) is 0 Å². The Kier molecular flexibility index (Phi) is 21.5. The van der Waals surface area contributed by atoms with Crippen molar-refractivity contribution in [3.05, 3.63) is 117 Å². The molecule has 0 aromatic heterocycles. The number of quaternary nitrogens is 6. The molecular formula is C57H99N9+6. The number of rotatable bonds is 27. The Morgan fingerprint density at radius 1 is 0.197 bits per heavy atom. The second-order valence-electron chi connectivity index (χ2n) is 18.0. The van der Waals surface area contributed by atoms with Crippen molar-refractivity contribution in [2.75, 3.05) is 16.0 Å². The molecule has 9 heteroatoms. The predicted molar refractivity (Wildman–Crippen MR) is 280 cm³/mol. The zero-order chi connectivity index (χ0) is 48.8. The summed E-state index contributed by atoms with van der Waals surface area (Å²) in [5, 5.41) is 12.7. The Labute approximate surface area is 401 Å². The van der Waals surface area contributed by atoms with Gasteiger partial charge in [0.15, 0.2) is 0 Å². The molecule has 0 radical (unpaired) electrons. The van der Waals surface area contributed by atoms with E-state index in [9.17, 15) is 0 Å². The van der Waals surface area contributed by atoms with Crippen molar-refractivity contribution in [1.82, 2.24) is 0 Å². The molecule has 4 aromatic carbocycles. The van der Waals surface area contributed by atoms with Crippen molar-refractivity contribution in [3.63, 3.8) is 0 Å². The van der Waals surface area contributed by atoms with Crippen LogP contribution in [0.15, 0.2) is 0 Å².